The van der Waals surface area contributed by atoms with Crippen LogP contribution in [0.3, 0.4) is 0 Å². The topological polar surface area (TPSA) is 61.8 Å². The summed E-state index contributed by atoms with van der Waals surface area (Å²) in [4.78, 5) is 25.5. The van der Waals surface area contributed by atoms with Crippen molar-refractivity contribution in [1.29, 1.82) is 0 Å². The van der Waals surface area contributed by atoms with Crippen molar-refractivity contribution in [3.63, 3.8) is 0 Å². The molecule has 0 fully saturated rings. The van der Waals surface area contributed by atoms with E-state index in [-0.39, 0.29) is 25.2 Å². The van der Waals surface area contributed by atoms with Gasteiger partial charge in [-0.1, -0.05) is 236 Å². The van der Waals surface area contributed by atoms with Crippen LogP contribution < -0.4 is 0 Å². The molecule has 0 bridgehead atoms. The molecule has 0 N–H and O–H groups in total. The summed E-state index contributed by atoms with van der Waals surface area (Å²) in [6.45, 7) is 7.77. The molecule has 372 valence electrons. The largest absolute Gasteiger partial charge is 0.462 e. The molecule has 0 aromatic carbocycles. The van der Waals surface area contributed by atoms with Crippen LogP contribution in [0.4, 0.5) is 0 Å². The number of esters is 2. The number of carbonyl (C=O) groups is 2. The highest BCUT2D eigenvalue weighted by Crippen LogP contribution is 2.15. The van der Waals surface area contributed by atoms with E-state index >= 15 is 0 Å². The summed E-state index contributed by atoms with van der Waals surface area (Å²) in [6.07, 6.45) is 69.4. The minimum atomic E-state index is -0.553. The minimum Gasteiger partial charge on any atom is -0.462 e. The molecule has 0 aliphatic carbocycles. The van der Waals surface area contributed by atoms with Gasteiger partial charge >= 0.3 is 11.9 Å². The van der Waals surface area contributed by atoms with Gasteiger partial charge in [0.05, 0.1) is 6.61 Å². The molecule has 5 nitrogen and oxygen atoms in total. The average Bonchev–Trinajstić information content (AvgIpc) is 3.30. The molecule has 0 aliphatic rings. The fourth-order valence-electron chi connectivity index (χ4n) is 7.84. The Bertz CT molecular complexity index is 1100. The maximum Gasteiger partial charge on any atom is 0.306 e. The first kappa shape index (κ1) is 61.6. The Hall–Kier alpha value is -2.40. The zero-order valence-electron chi connectivity index (χ0n) is 42.8. The second-order valence-electron chi connectivity index (χ2n) is 18.5. The molecule has 0 unspecified atom stereocenters. The lowest BCUT2D eigenvalue weighted by Crippen LogP contribution is -2.30. The highest BCUT2D eigenvalue weighted by Gasteiger charge is 2.17. The van der Waals surface area contributed by atoms with Crippen LogP contribution in [-0.2, 0) is 23.8 Å². The van der Waals surface area contributed by atoms with Crippen LogP contribution in [0.2, 0.25) is 0 Å². The van der Waals surface area contributed by atoms with E-state index in [0.29, 0.717) is 19.4 Å². The van der Waals surface area contributed by atoms with E-state index in [1.807, 2.05) is 0 Å². The van der Waals surface area contributed by atoms with Gasteiger partial charge in [-0.2, -0.15) is 0 Å². The summed E-state index contributed by atoms with van der Waals surface area (Å²) in [7, 11) is 0. The minimum absolute atomic E-state index is 0.0705. The van der Waals surface area contributed by atoms with Gasteiger partial charge < -0.3 is 14.2 Å². The third-order valence-corrected chi connectivity index (χ3v) is 12.0. The lowest BCUT2D eigenvalue weighted by atomic mass is 10.0. The van der Waals surface area contributed by atoms with Gasteiger partial charge in [0.15, 0.2) is 6.10 Å². The van der Waals surface area contributed by atoms with E-state index in [4.69, 9.17) is 14.2 Å². The SMILES string of the molecule is CCCCC/C=C\C/C=C\C/C=C\CCCCCCC(=O)O[C@H](COCCCCCCCCCCCCCCCCCC)COC(=O)CCCCCCC/C=C\C/C=C\CCCCC. The molecule has 0 aromatic rings. The van der Waals surface area contributed by atoms with Gasteiger partial charge in [-0.05, 0) is 89.9 Å². The molecule has 0 rings (SSSR count). The van der Waals surface area contributed by atoms with Crippen LogP contribution in [-0.4, -0.2) is 37.9 Å². The molecular weight excluding hydrogens is 789 g/mol. The number of hydrogen-bond donors (Lipinski definition) is 0. The fraction of sp³-hybridized carbons (Fsp3) is 0.797. The number of unbranched alkanes of at least 4 members (excludes halogenated alkanes) is 30. The van der Waals surface area contributed by atoms with Crippen LogP contribution >= 0.6 is 0 Å². The van der Waals surface area contributed by atoms with E-state index in [2.05, 4.69) is 81.5 Å². The zero-order valence-corrected chi connectivity index (χ0v) is 42.8. The highest BCUT2D eigenvalue weighted by molar-refractivity contribution is 5.70. The van der Waals surface area contributed by atoms with Gasteiger partial charge in [0.1, 0.15) is 6.61 Å². The molecule has 0 aliphatic heterocycles. The Morgan fingerprint density at radius 2 is 0.656 bits per heavy atom. The Morgan fingerprint density at radius 3 is 1.08 bits per heavy atom. The number of allylic oxidation sites excluding steroid dienone is 10. The summed E-state index contributed by atoms with van der Waals surface area (Å²) in [5, 5.41) is 0. The molecule has 5 heteroatoms. The van der Waals surface area contributed by atoms with Gasteiger partial charge in [0, 0.05) is 19.4 Å². The first-order valence-corrected chi connectivity index (χ1v) is 27.8. The highest BCUT2D eigenvalue weighted by atomic mass is 16.6. The Kier molecular flexibility index (Phi) is 52.9. The maximum absolute atomic E-state index is 12.8. The monoisotopic (exact) mass is 895 g/mol. The van der Waals surface area contributed by atoms with Gasteiger partial charge in [0.2, 0.25) is 0 Å². The smallest absolute Gasteiger partial charge is 0.306 e. The maximum atomic E-state index is 12.8. The predicted octanol–water partition coefficient (Wildman–Crippen LogP) is 18.9. The quantitative estimate of drug-likeness (QED) is 0.0346. The number of ether oxygens (including phenoxy) is 3. The van der Waals surface area contributed by atoms with Crippen LogP contribution in [0.25, 0.3) is 0 Å². The molecule has 0 saturated carbocycles. The van der Waals surface area contributed by atoms with Crippen molar-refractivity contribution < 1.29 is 23.8 Å². The standard InChI is InChI=1S/C59H106O5/c1-4-7-10-13-16-19-22-25-28-30-32-35-38-41-44-47-50-53-59(61)64-57(55-62-54-51-48-45-42-39-36-33-29-26-23-20-17-14-11-8-5-2)56-63-58(60)52-49-46-43-40-37-34-31-27-24-21-18-15-12-9-6-3/h16,18-19,21,25,27-28,31-32,35,57H,4-15,17,20,22-24,26,29-30,33-34,36-56H2,1-3H3/b19-16-,21-18-,28-25-,31-27-,35-32-/t57-/m1/s1. The van der Waals surface area contributed by atoms with Crippen LogP contribution in [0.5, 0.6) is 0 Å². The van der Waals surface area contributed by atoms with Gasteiger partial charge in [-0.15, -0.1) is 0 Å². The number of rotatable bonds is 51. The second kappa shape index (κ2) is 54.9. The average molecular weight is 895 g/mol. The molecule has 64 heavy (non-hydrogen) atoms. The summed E-state index contributed by atoms with van der Waals surface area (Å²) in [5.41, 5.74) is 0. The third-order valence-electron chi connectivity index (χ3n) is 12.0. The van der Waals surface area contributed by atoms with Crippen molar-refractivity contribution in [2.75, 3.05) is 19.8 Å². The van der Waals surface area contributed by atoms with Crippen molar-refractivity contribution in [2.45, 2.75) is 284 Å². The van der Waals surface area contributed by atoms with Crippen LogP contribution in [0.15, 0.2) is 60.8 Å². The molecule has 0 aromatic heterocycles. The zero-order chi connectivity index (χ0) is 46.3. The molecule has 0 spiro atoms. The van der Waals surface area contributed by atoms with E-state index in [1.54, 1.807) is 0 Å². The van der Waals surface area contributed by atoms with Crippen molar-refractivity contribution >= 4 is 11.9 Å². The molecular formula is C59H106O5. The first-order chi connectivity index (χ1) is 31.6. The summed E-state index contributed by atoms with van der Waals surface area (Å²) in [5.74, 6) is -0.428. The Morgan fingerprint density at radius 1 is 0.344 bits per heavy atom. The lowest BCUT2D eigenvalue weighted by molar-refractivity contribution is -0.163. The van der Waals surface area contributed by atoms with Crippen molar-refractivity contribution in [3.8, 4) is 0 Å². The summed E-state index contributed by atoms with van der Waals surface area (Å²) < 4.78 is 17.4. The van der Waals surface area contributed by atoms with E-state index in [9.17, 15) is 9.59 Å². The summed E-state index contributed by atoms with van der Waals surface area (Å²) in [6, 6.07) is 0. The second-order valence-corrected chi connectivity index (χ2v) is 18.5. The van der Waals surface area contributed by atoms with Gasteiger partial charge in [-0.3, -0.25) is 9.59 Å². The lowest BCUT2D eigenvalue weighted by Gasteiger charge is -2.18. The normalized spacial score (nSPS) is 12.6. The van der Waals surface area contributed by atoms with Gasteiger partial charge in [-0.25, -0.2) is 0 Å². The van der Waals surface area contributed by atoms with Crippen LogP contribution in [0, 0.1) is 0 Å². The molecule has 0 radical (unpaired) electrons. The van der Waals surface area contributed by atoms with Crippen molar-refractivity contribution in [3.05, 3.63) is 60.8 Å². The number of hydrogen-bond acceptors (Lipinski definition) is 5. The van der Waals surface area contributed by atoms with E-state index in [0.717, 1.165) is 89.9 Å². The molecule has 0 heterocycles. The molecule has 0 amide bonds. The van der Waals surface area contributed by atoms with Gasteiger partial charge in [0.25, 0.3) is 0 Å². The predicted molar refractivity (Wildman–Crippen MR) is 279 cm³/mol. The van der Waals surface area contributed by atoms with Crippen molar-refractivity contribution in [2.24, 2.45) is 0 Å². The summed E-state index contributed by atoms with van der Waals surface area (Å²) >= 11 is 0. The van der Waals surface area contributed by atoms with E-state index < -0.39 is 6.10 Å². The molecule has 0 saturated heterocycles. The third kappa shape index (κ3) is 52.2. The fourth-order valence-corrected chi connectivity index (χ4v) is 7.84. The number of carbonyl (C=O) groups excluding carboxylic acids is 2. The first-order valence-electron chi connectivity index (χ1n) is 27.8. The van der Waals surface area contributed by atoms with E-state index in [1.165, 1.54) is 154 Å². The molecule has 1 atom stereocenters. The van der Waals surface area contributed by atoms with Crippen LogP contribution in [0.1, 0.15) is 278 Å². The Labute approximate surface area is 398 Å². The Balaban J connectivity index is 4.32. The van der Waals surface area contributed by atoms with Crippen molar-refractivity contribution in [1.82, 2.24) is 0 Å².